The topological polar surface area (TPSA) is 47.6 Å². The van der Waals surface area contributed by atoms with Crippen molar-refractivity contribution in [3.63, 3.8) is 0 Å². The molecule has 0 aliphatic heterocycles. The molecule has 1 atom stereocenters. The highest BCUT2D eigenvalue weighted by Crippen LogP contribution is 2.26. The van der Waals surface area contributed by atoms with Gasteiger partial charge in [-0.1, -0.05) is 42.5 Å². The highest BCUT2D eigenvalue weighted by Gasteiger charge is 2.16. The Morgan fingerprint density at radius 2 is 1.67 bits per heavy atom. The van der Waals surface area contributed by atoms with Gasteiger partial charge in [-0.2, -0.15) is 0 Å². The van der Waals surface area contributed by atoms with Gasteiger partial charge >= 0.3 is 0 Å². The van der Waals surface area contributed by atoms with Crippen LogP contribution in [0.3, 0.4) is 0 Å². The van der Waals surface area contributed by atoms with Gasteiger partial charge in [0, 0.05) is 6.54 Å². The Labute approximate surface area is 124 Å². The maximum atomic E-state index is 12.0. The number of ether oxygens (including phenoxy) is 2. The van der Waals surface area contributed by atoms with Crippen LogP contribution >= 0.6 is 0 Å². The normalized spacial score (nSPS) is 11.5. The number of rotatable bonds is 6. The van der Waals surface area contributed by atoms with Crippen molar-refractivity contribution in [2.75, 3.05) is 7.11 Å². The van der Waals surface area contributed by atoms with Crippen molar-refractivity contribution in [3.8, 4) is 11.5 Å². The van der Waals surface area contributed by atoms with Crippen molar-refractivity contribution in [3.05, 3.63) is 60.2 Å². The molecule has 2 aromatic rings. The number of hydrogen-bond donors (Lipinski definition) is 1. The number of methoxy groups -OCH3 is 1. The second-order valence-electron chi connectivity index (χ2n) is 4.61. The number of hydrogen-bond acceptors (Lipinski definition) is 3. The highest BCUT2D eigenvalue weighted by atomic mass is 16.5. The summed E-state index contributed by atoms with van der Waals surface area (Å²) in [6, 6.07) is 17.0. The van der Waals surface area contributed by atoms with Crippen LogP contribution in [-0.4, -0.2) is 19.1 Å². The molecule has 0 aliphatic carbocycles. The first-order valence-corrected chi connectivity index (χ1v) is 6.82. The summed E-state index contributed by atoms with van der Waals surface area (Å²) < 4.78 is 10.8. The lowest BCUT2D eigenvalue weighted by atomic mass is 10.2. The van der Waals surface area contributed by atoms with Crippen molar-refractivity contribution in [1.29, 1.82) is 0 Å². The van der Waals surface area contributed by atoms with Crippen molar-refractivity contribution in [2.45, 2.75) is 19.6 Å². The molecule has 4 nitrogen and oxygen atoms in total. The van der Waals surface area contributed by atoms with Gasteiger partial charge in [-0.25, -0.2) is 0 Å². The Morgan fingerprint density at radius 3 is 2.33 bits per heavy atom. The SMILES string of the molecule is COc1ccccc1OC(C)C(=O)NCc1ccccc1. The molecule has 1 unspecified atom stereocenters. The molecule has 0 saturated heterocycles. The Hall–Kier alpha value is -2.49. The monoisotopic (exact) mass is 285 g/mol. The molecule has 0 bridgehead atoms. The van der Waals surface area contributed by atoms with E-state index in [0.29, 0.717) is 18.0 Å². The van der Waals surface area contributed by atoms with Gasteiger partial charge in [-0.15, -0.1) is 0 Å². The summed E-state index contributed by atoms with van der Waals surface area (Å²) in [5.74, 6) is 1.01. The zero-order chi connectivity index (χ0) is 15.1. The van der Waals surface area contributed by atoms with E-state index < -0.39 is 6.10 Å². The molecular formula is C17H19NO3. The maximum absolute atomic E-state index is 12.0. The molecule has 0 aliphatic rings. The van der Waals surface area contributed by atoms with Crippen LogP contribution < -0.4 is 14.8 Å². The standard InChI is InChI=1S/C17H19NO3/c1-13(21-16-11-7-6-10-15(16)20-2)17(19)18-12-14-8-4-3-5-9-14/h3-11,13H,12H2,1-2H3,(H,18,19). The lowest BCUT2D eigenvalue weighted by molar-refractivity contribution is -0.127. The fraction of sp³-hybridized carbons (Fsp3) is 0.235. The number of nitrogens with one attached hydrogen (secondary N) is 1. The Kier molecular flexibility index (Phi) is 5.21. The molecule has 0 radical (unpaired) electrons. The molecule has 0 fully saturated rings. The van der Waals surface area contributed by atoms with Gasteiger partial charge in [0.2, 0.25) is 0 Å². The quantitative estimate of drug-likeness (QED) is 0.887. The van der Waals surface area contributed by atoms with E-state index in [-0.39, 0.29) is 5.91 Å². The van der Waals surface area contributed by atoms with E-state index >= 15 is 0 Å². The molecule has 0 spiro atoms. The lowest BCUT2D eigenvalue weighted by Crippen LogP contribution is -2.35. The van der Waals surface area contributed by atoms with E-state index in [0.717, 1.165) is 5.56 Å². The molecule has 1 N–H and O–H groups in total. The molecule has 4 heteroatoms. The largest absolute Gasteiger partial charge is 0.493 e. The van der Waals surface area contributed by atoms with Gasteiger partial charge in [-0.05, 0) is 24.6 Å². The Morgan fingerprint density at radius 1 is 1.05 bits per heavy atom. The molecule has 1 amide bonds. The average Bonchev–Trinajstić information content (AvgIpc) is 2.54. The van der Waals surface area contributed by atoms with Crippen LogP contribution in [0.2, 0.25) is 0 Å². The van der Waals surface area contributed by atoms with Crippen LogP contribution in [0, 0.1) is 0 Å². The number of amides is 1. The van der Waals surface area contributed by atoms with E-state index in [1.165, 1.54) is 0 Å². The minimum Gasteiger partial charge on any atom is -0.493 e. The first-order chi connectivity index (χ1) is 10.2. The number of carbonyl (C=O) groups is 1. The summed E-state index contributed by atoms with van der Waals surface area (Å²) in [7, 11) is 1.57. The van der Waals surface area contributed by atoms with E-state index in [1.54, 1.807) is 26.2 Å². The average molecular weight is 285 g/mol. The lowest BCUT2D eigenvalue weighted by Gasteiger charge is -2.16. The van der Waals surface area contributed by atoms with E-state index in [2.05, 4.69) is 5.32 Å². The third kappa shape index (κ3) is 4.24. The molecule has 2 rings (SSSR count). The summed E-state index contributed by atoms with van der Waals surface area (Å²) in [5, 5.41) is 2.85. The van der Waals surface area contributed by atoms with Gasteiger partial charge in [0.25, 0.3) is 5.91 Å². The molecule has 0 heterocycles. The minimum atomic E-state index is -0.593. The van der Waals surface area contributed by atoms with Gasteiger partial charge < -0.3 is 14.8 Å². The second kappa shape index (κ2) is 7.33. The molecule has 0 saturated carbocycles. The molecule has 110 valence electrons. The molecular weight excluding hydrogens is 266 g/mol. The van der Waals surface area contributed by atoms with Crippen molar-refractivity contribution >= 4 is 5.91 Å². The van der Waals surface area contributed by atoms with Crippen LogP contribution in [0.4, 0.5) is 0 Å². The third-order valence-electron chi connectivity index (χ3n) is 3.05. The van der Waals surface area contributed by atoms with Crippen LogP contribution in [0.5, 0.6) is 11.5 Å². The first kappa shape index (κ1) is 14.9. The van der Waals surface area contributed by atoms with E-state index in [4.69, 9.17) is 9.47 Å². The van der Waals surface area contributed by atoms with Crippen LogP contribution in [-0.2, 0) is 11.3 Å². The van der Waals surface area contributed by atoms with Gasteiger partial charge in [0.15, 0.2) is 17.6 Å². The fourth-order valence-electron chi connectivity index (χ4n) is 1.89. The summed E-state index contributed by atoms with van der Waals surface area (Å²) in [4.78, 5) is 12.0. The van der Waals surface area contributed by atoms with Crippen LogP contribution in [0.1, 0.15) is 12.5 Å². The zero-order valence-electron chi connectivity index (χ0n) is 12.2. The highest BCUT2D eigenvalue weighted by molar-refractivity contribution is 5.80. The van der Waals surface area contributed by atoms with Crippen LogP contribution in [0.25, 0.3) is 0 Å². The molecule has 21 heavy (non-hydrogen) atoms. The van der Waals surface area contributed by atoms with Gasteiger partial charge in [0.1, 0.15) is 0 Å². The van der Waals surface area contributed by atoms with Gasteiger partial charge in [-0.3, -0.25) is 4.79 Å². The molecule has 0 aromatic heterocycles. The third-order valence-corrected chi connectivity index (χ3v) is 3.05. The summed E-state index contributed by atoms with van der Waals surface area (Å²) >= 11 is 0. The smallest absolute Gasteiger partial charge is 0.261 e. The second-order valence-corrected chi connectivity index (χ2v) is 4.61. The predicted octanol–water partition coefficient (Wildman–Crippen LogP) is 2.78. The van der Waals surface area contributed by atoms with E-state index in [1.807, 2.05) is 42.5 Å². The summed E-state index contributed by atoms with van der Waals surface area (Å²) in [6.07, 6.45) is -0.593. The van der Waals surface area contributed by atoms with Gasteiger partial charge in [0.05, 0.1) is 7.11 Å². The zero-order valence-corrected chi connectivity index (χ0v) is 12.2. The summed E-state index contributed by atoms with van der Waals surface area (Å²) in [5.41, 5.74) is 1.05. The van der Waals surface area contributed by atoms with Crippen molar-refractivity contribution < 1.29 is 14.3 Å². The number of carbonyl (C=O) groups excluding carboxylic acids is 1. The van der Waals surface area contributed by atoms with Crippen LogP contribution in [0.15, 0.2) is 54.6 Å². The maximum Gasteiger partial charge on any atom is 0.261 e. The Balaban J connectivity index is 1.90. The van der Waals surface area contributed by atoms with Crippen molar-refractivity contribution in [2.24, 2.45) is 0 Å². The van der Waals surface area contributed by atoms with Crippen molar-refractivity contribution in [1.82, 2.24) is 5.32 Å². The predicted molar refractivity (Wildman–Crippen MR) is 81.4 cm³/mol. The first-order valence-electron chi connectivity index (χ1n) is 6.82. The Bertz CT molecular complexity index is 584. The van der Waals surface area contributed by atoms with E-state index in [9.17, 15) is 4.79 Å². The summed E-state index contributed by atoms with van der Waals surface area (Å²) in [6.45, 7) is 2.20. The fourth-order valence-corrected chi connectivity index (χ4v) is 1.89. The number of benzene rings is 2. The number of para-hydroxylation sites is 2. The minimum absolute atomic E-state index is 0.162. The molecule has 2 aromatic carbocycles.